The van der Waals surface area contributed by atoms with Gasteiger partial charge in [-0.05, 0) is 37.1 Å². The molecule has 0 aliphatic carbocycles. The fourth-order valence-electron chi connectivity index (χ4n) is 3.04. The van der Waals surface area contributed by atoms with Gasteiger partial charge >= 0.3 is 5.97 Å². The summed E-state index contributed by atoms with van der Waals surface area (Å²) >= 11 is 0. The quantitative estimate of drug-likeness (QED) is 0.825. The zero-order valence-corrected chi connectivity index (χ0v) is 14.4. The molecule has 2 saturated heterocycles. The zero-order valence-electron chi connectivity index (χ0n) is 13.6. The number of carbonyl (C=O) groups excluding carboxylic acids is 1. The predicted octanol–water partition coefficient (Wildman–Crippen LogP) is 0.397. The van der Waals surface area contributed by atoms with E-state index in [0.29, 0.717) is 26.1 Å². The number of carboxylic acid groups (broad SMARTS) is 1. The van der Waals surface area contributed by atoms with E-state index in [4.69, 9.17) is 9.84 Å². The Morgan fingerprint density at radius 3 is 2.24 bits per heavy atom. The molecule has 1 aromatic rings. The Bertz CT molecular complexity index is 747. The first kappa shape index (κ1) is 17.8. The number of aromatic carboxylic acids is 1. The van der Waals surface area contributed by atoms with Gasteiger partial charge in [0.05, 0.1) is 10.5 Å². The summed E-state index contributed by atoms with van der Waals surface area (Å²) in [6, 6.07) is 5.13. The number of carbonyl (C=O) groups is 2. The summed E-state index contributed by atoms with van der Waals surface area (Å²) in [4.78, 5) is 24.9. The highest BCUT2D eigenvalue weighted by Crippen LogP contribution is 2.20. The average Bonchev–Trinajstić information content (AvgIpc) is 3.16. The molecule has 2 aliphatic heterocycles. The number of sulfonamides is 1. The molecule has 2 fully saturated rings. The van der Waals surface area contributed by atoms with Gasteiger partial charge in [-0.2, -0.15) is 4.31 Å². The summed E-state index contributed by atoms with van der Waals surface area (Å²) in [5.74, 6) is -1.18. The van der Waals surface area contributed by atoms with Crippen molar-refractivity contribution < 1.29 is 27.9 Å². The lowest BCUT2D eigenvalue weighted by Crippen LogP contribution is -2.52. The van der Waals surface area contributed by atoms with E-state index in [1.807, 2.05) is 0 Å². The van der Waals surface area contributed by atoms with Gasteiger partial charge in [0.15, 0.2) is 0 Å². The van der Waals surface area contributed by atoms with Crippen molar-refractivity contribution in [2.75, 3.05) is 32.8 Å². The topological polar surface area (TPSA) is 104 Å². The summed E-state index contributed by atoms with van der Waals surface area (Å²) in [5.41, 5.74) is 0.0333. The van der Waals surface area contributed by atoms with Crippen molar-refractivity contribution >= 4 is 21.9 Å². The number of rotatable bonds is 4. The van der Waals surface area contributed by atoms with Crippen LogP contribution in [-0.4, -0.2) is 73.5 Å². The minimum Gasteiger partial charge on any atom is -0.478 e. The van der Waals surface area contributed by atoms with E-state index >= 15 is 0 Å². The van der Waals surface area contributed by atoms with E-state index in [1.54, 1.807) is 4.90 Å². The maximum absolute atomic E-state index is 12.7. The molecule has 0 aromatic heterocycles. The van der Waals surface area contributed by atoms with Gasteiger partial charge in [0.2, 0.25) is 10.0 Å². The van der Waals surface area contributed by atoms with Gasteiger partial charge in [0.25, 0.3) is 5.91 Å². The second-order valence-corrected chi connectivity index (χ2v) is 8.00. The molecule has 2 aliphatic rings. The molecule has 3 rings (SSSR count). The molecule has 8 nitrogen and oxygen atoms in total. The van der Waals surface area contributed by atoms with Crippen LogP contribution < -0.4 is 0 Å². The van der Waals surface area contributed by atoms with E-state index in [9.17, 15) is 18.0 Å². The van der Waals surface area contributed by atoms with Crippen LogP contribution in [-0.2, 0) is 19.6 Å². The molecule has 0 radical (unpaired) electrons. The summed E-state index contributed by atoms with van der Waals surface area (Å²) < 4.78 is 32.0. The van der Waals surface area contributed by atoms with Crippen LogP contribution in [0.5, 0.6) is 0 Å². The Balaban J connectivity index is 1.64. The molecule has 0 bridgehead atoms. The van der Waals surface area contributed by atoms with Crippen molar-refractivity contribution in [1.29, 1.82) is 0 Å². The third kappa shape index (κ3) is 3.68. The first-order valence-corrected chi connectivity index (χ1v) is 9.57. The molecular formula is C16H20N2O6S. The predicted molar refractivity (Wildman–Crippen MR) is 87.7 cm³/mol. The van der Waals surface area contributed by atoms with Crippen molar-refractivity contribution in [1.82, 2.24) is 9.21 Å². The SMILES string of the molecule is O=C(O)c1ccc(S(=O)(=O)N2CCN(C(=O)C3CCCO3)CC2)cc1. The molecule has 1 N–H and O–H groups in total. The lowest BCUT2D eigenvalue weighted by atomic mass is 10.2. The number of hydrogen-bond acceptors (Lipinski definition) is 5. The molecule has 136 valence electrons. The van der Waals surface area contributed by atoms with E-state index in [-0.39, 0.29) is 29.5 Å². The minimum atomic E-state index is -3.70. The van der Waals surface area contributed by atoms with E-state index in [0.717, 1.165) is 6.42 Å². The lowest BCUT2D eigenvalue weighted by molar-refractivity contribution is -0.142. The van der Waals surface area contributed by atoms with Crippen molar-refractivity contribution in [3.05, 3.63) is 29.8 Å². The molecule has 2 heterocycles. The van der Waals surface area contributed by atoms with E-state index in [2.05, 4.69) is 0 Å². The van der Waals surface area contributed by atoms with Crippen molar-refractivity contribution in [3.8, 4) is 0 Å². The summed E-state index contributed by atoms with van der Waals surface area (Å²) in [6.07, 6.45) is 1.19. The highest BCUT2D eigenvalue weighted by molar-refractivity contribution is 7.89. The number of ether oxygens (including phenoxy) is 1. The van der Waals surface area contributed by atoms with Crippen LogP contribution in [0, 0.1) is 0 Å². The molecule has 0 spiro atoms. The van der Waals surface area contributed by atoms with Crippen molar-refractivity contribution in [2.45, 2.75) is 23.8 Å². The third-order valence-corrected chi connectivity index (χ3v) is 6.41. The van der Waals surface area contributed by atoms with Crippen LogP contribution in [0.4, 0.5) is 0 Å². The number of benzene rings is 1. The monoisotopic (exact) mass is 368 g/mol. The van der Waals surface area contributed by atoms with Gasteiger partial charge in [0, 0.05) is 32.8 Å². The van der Waals surface area contributed by atoms with Gasteiger partial charge in [-0.15, -0.1) is 0 Å². The second-order valence-electron chi connectivity index (χ2n) is 6.06. The molecule has 0 saturated carbocycles. The van der Waals surface area contributed by atoms with E-state index < -0.39 is 22.1 Å². The Kier molecular flexibility index (Phi) is 5.07. The van der Waals surface area contributed by atoms with Gasteiger partial charge in [0.1, 0.15) is 6.10 Å². The van der Waals surface area contributed by atoms with Crippen LogP contribution in [0.1, 0.15) is 23.2 Å². The van der Waals surface area contributed by atoms with Crippen LogP contribution in [0.2, 0.25) is 0 Å². The summed E-state index contributed by atoms with van der Waals surface area (Å²) in [6.45, 7) is 1.66. The number of piperazine rings is 1. The molecule has 1 amide bonds. The first-order valence-electron chi connectivity index (χ1n) is 8.13. The normalized spacial score (nSPS) is 22.1. The Morgan fingerprint density at radius 1 is 1.08 bits per heavy atom. The van der Waals surface area contributed by atoms with Crippen LogP contribution in [0.25, 0.3) is 0 Å². The zero-order chi connectivity index (χ0) is 18.0. The van der Waals surface area contributed by atoms with Gasteiger partial charge in [-0.1, -0.05) is 0 Å². The molecule has 1 aromatic carbocycles. The number of hydrogen-bond donors (Lipinski definition) is 1. The first-order chi connectivity index (χ1) is 11.9. The number of nitrogens with zero attached hydrogens (tertiary/aromatic N) is 2. The molecule has 1 unspecified atom stereocenters. The Morgan fingerprint density at radius 2 is 1.72 bits per heavy atom. The smallest absolute Gasteiger partial charge is 0.335 e. The fourth-order valence-corrected chi connectivity index (χ4v) is 4.47. The van der Waals surface area contributed by atoms with E-state index in [1.165, 1.54) is 28.6 Å². The maximum Gasteiger partial charge on any atom is 0.335 e. The largest absolute Gasteiger partial charge is 0.478 e. The third-order valence-electron chi connectivity index (χ3n) is 4.49. The van der Waals surface area contributed by atoms with Crippen LogP contribution >= 0.6 is 0 Å². The van der Waals surface area contributed by atoms with Crippen LogP contribution in [0.15, 0.2) is 29.2 Å². The van der Waals surface area contributed by atoms with Crippen molar-refractivity contribution in [2.24, 2.45) is 0 Å². The molecular weight excluding hydrogens is 348 g/mol. The Hall–Kier alpha value is -1.97. The highest BCUT2D eigenvalue weighted by Gasteiger charge is 2.33. The standard InChI is InChI=1S/C16H20N2O6S/c19-15(14-2-1-11-24-14)17-7-9-18(10-8-17)25(22,23)13-5-3-12(4-6-13)16(20)21/h3-6,14H,1-2,7-11H2,(H,20,21). The molecule has 1 atom stereocenters. The minimum absolute atomic E-state index is 0.0333. The Labute approximate surface area is 146 Å². The van der Waals surface area contributed by atoms with Gasteiger partial charge in [-0.3, -0.25) is 4.79 Å². The maximum atomic E-state index is 12.7. The van der Waals surface area contributed by atoms with Gasteiger partial charge in [-0.25, -0.2) is 13.2 Å². The summed E-state index contributed by atoms with van der Waals surface area (Å²) in [7, 11) is -3.70. The number of amides is 1. The second kappa shape index (κ2) is 7.11. The fraction of sp³-hybridized carbons (Fsp3) is 0.500. The lowest BCUT2D eigenvalue weighted by Gasteiger charge is -2.35. The number of carboxylic acids is 1. The van der Waals surface area contributed by atoms with Crippen molar-refractivity contribution in [3.63, 3.8) is 0 Å². The molecule has 9 heteroatoms. The highest BCUT2D eigenvalue weighted by atomic mass is 32.2. The summed E-state index contributed by atoms with van der Waals surface area (Å²) in [5, 5.41) is 8.89. The van der Waals surface area contributed by atoms with Gasteiger partial charge < -0.3 is 14.7 Å². The molecule has 25 heavy (non-hydrogen) atoms. The van der Waals surface area contributed by atoms with Crippen LogP contribution in [0.3, 0.4) is 0 Å². The average molecular weight is 368 g/mol.